The smallest absolute Gasteiger partial charge is 0.387 e. The van der Waals surface area contributed by atoms with Crippen LogP contribution in [0.5, 0.6) is 5.75 Å². The van der Waals surface area contributed by atoms with Crippen LogP contribution in [0.4, 0.5) is 13.2 Å². The summed E-state index contributed by atoms with van der Waals surface area (Å²) in [6.07, 6.45) is 4.03. The van der Waals surface area contributed by atoms with Gasteiger partial charge in [0.05, 0.1) is 29.7 Å². The minimum Gasteiger partial charge on any atom is -0.465 e. The number of aromatic nitrogens is 1. The highest BCUT2D eigenvalue weighted by molar-refractivity contribution is 7.15. The molecule has 0 saturated heterocycles. The molecule has 2 aliphatic carbocycles. The van der Waals surface area contributed by atoms with Crippen molar-refractivity contribution in [2.75, 3.05) is 7.11 Å². The van der Waals surface area contributed by atoms with Crippen molar-refractivity contribution in [2.45, 2.75) is 50.9 Å². The monoisotopic (exact) mass is 479 g/mol. The molecular formula is C23H20F3NO5S. The quantitative estimate of drug-likeness (QED) is 0.524. The summed E-state index contributed by atoms with van der Waals surface area (Å²) in [5.41, 5.74) is -0.453. The van der Waals surface area contributed by atoms with Crippen LogP contribution < -0.4 is 10.2 Å². The maximum atomic E-state index is 15.5. The third-order valence-electron chi connectivity index (χ3n) is 6.09. The summed E-state index contributed by atoms with van der Waals surface area (Å²) in [4.78, 5) is 26.2. The van der Waals surface area contributed by atoms with E-state index in [4.69, 9.17) is 4.74 Å². The molecule has 1 saturated carbocycles. The molecule has 1 fully saturated rings. The van der Waals surface area contributed by atoms with E-state index in [1.165, 1.54) is 10.8 Å². The molecule has 33 heavy (non-hydrogen) atoms. The van der Waals surface area contributed by atoms with Crippen molar-refractivity contribution >= 4 is 28.2 Å². The van der Waals surface area contributed by atoms with Crippen LogP contribution in [-0.2, 0) is 11.2 Å². The molecular weight excluding hydrogens is 459 g/mol. The number of pyridine rings is 1. The van der Waals surface area contributed by atoms with E-state index in [0.717, 1.165) is 36.5 Å². The second-order valence-electron chi connectivity index (χ2n) is 8.25. The Hall–Kier alpha value is -2.85. The molecule has 1 atom stereocenters. The Kier molecular flexibility index (Phi) is 5.44. The highest BCUT2D eigenvalue weighted by Crippen LogP contribution is 2.48. The first-order chi connectivity index (χ1) is 15.8. The van der Waals surface area contributed by atoms with Gasteiger partial charge in [-0.25, -0.2) is 9.18 Å². The number of thiophene rings is 1. The van der Waals surface area contributed by atoms with Crippen LogP contribution in [0, 0.1) is 5.82 Å². The third kappa shape index (κ3) is 3.71. The fraction of sp³-hybridized carbons (Fsp3) is 0.391. The Morgan fingerprint density at radius 2 is 2.03 bits per heavy atom. The average Bonchev–Trinajstić information content (AvgIpc) is 3.52. The van der Waals surface area contributed by atoms with E-state index in [-0.39, 0.29) is 28.1 Å². The SMILES string of the molecule is COC(=O)c1cn(C2CC2)c2c(OC(F)F)c(-c3cc4c(s3)C(O)CCC4)c(F)cc2c1=O. The van der Waals surface area contributed by atoms with E-state index in [2.05, 4.69) is 4.74 Å². The van der Waals surface area contributed by atoms with Gasteiger partial charge in [0.1, 0.15) is 11.4 Å². The van der Waals surface area contributed by atoms with Crippen LogP contribution in [0.25, 0.3) is 21.3 Å². The first kappa shape index (κ1) is 22.0. The molecule has 1 unspecified atom stereocenters. The van der Waals surface area contributed by atoms with Gasteiger partial charge in [-0.1, -0.05) is 0 Å². The van der Waals surface area contributed by atoms with Crippen LogP contribution in [0.2, 0.25) is 0 Å². The molecule has 1 N–H and O–H groups in total. The van der Waals surface area contributed by atoms with Crippen LogP contribution in [0.15, 0.2) is 23.1 Å². The zero-order chi connectivity index (χ0) is 23.4. The molecule has 1 aromatic carbocycles. The Morgan fingerprint density at radius 1 is 1.27 bits per heavy atom. The Bertz CT molecular complexity index is 1330. The lowest BCUT2D eigenvalue weighted by Gasteiger charge is -2.19. The van der Waals surface area contributed by atoms with Crippen molar-refractivity contribution in [1.29, 1.82) is 0 Å². The van der Waals surface area contributed by atoms with Gasteiger partial charge in [0, 0.05) is 22.0 Å². The van der Waals surface area contributed by atoms with Crippen molar-refractivity contribution in [2.24, 2.45) is 0 Å². The number of halogens is 3. The summed E-state index contributed by atoms with van der Waals surface area (Å²) < 4.78 is 53.6. The second-order valence-corrected chi connectivity index (χ2v) is 9.33. The van der Waals surface area contributed by atoms with Crippen molar-refractivity contribution < 1.29 is 32.5 Å². The summed E-state index contributed by atoms with van der Waals surface area (Å²) in [5.74, 6) is -2.27. The number of hydrogen-bond donors (Lipinski definition) is 1. The van der Waals surface area contributed by atoms with Gasteiger partial charge in [-0.3, -0.25) is 4.79 Å². The van der Waals surface area contributed by atoms with Gasteiger partial charge < -0.3 is 19.1 Å². The first-order valence-electron chi connectivity index (χ1n) is 10.6. The summed E-state index contributed by atoms with van der Waals surface area (Å²) in [7, 11) is 1.12. The fourth-order valence-corrected chi connectivity index (χ4v) is 5.72. The number of aliphatic hydroxyl groups excluding tert-OH is 1. The summed E-state index contributed by atoms with van der Waals surface area (Å²) in [6, 6.07) is 2.51. The maximum Gasteiger partial charge on any atom is 0.387 e. The zero-order valence-electron chi connectivity index (χ0n) is 17.6. The number of hydrogen-bond acceptors (Lipinski definition) is 6. The Labute approximate surface area is 190 Å². The normalized spacial score (nSPS) is 17.9. The molecule has 2 aliphatic rings. The molecule has 0 amide bonds. The van der Waals surface area contributed by atoms with Crippen molar-refractivity contribution in [3.05, 3.63) is 50.4 Å². The van der Waals surface area contributed by atoms with Gasteiger partial charge in [0.25, 0.3) is 0 Å². The van der Waals surface area contributed by atoms with Gasteiger partial charge in [0.15, 0.2) is 5.75 Å². The zero-order valence-corrected chi connectivity index (χ0v) is 18.4. The number of carbonyl (C=O) groups excluding carboxylic acids is 1. The van der Waals surface area contributed by atoms with Crippen molar-refractivity contribution in [3.63, 3.8) is 0 Å². The van der Waals surface area contributed by atoms with E-state index >= 15 is 4.39 Å². The standard InChI is InChI=1S/C23H20F3NO5S/c1-31-22(30)13-9-27(11-5-6-11)18-12(19(13)29)8-14(24)17(20(18)32-23(25)26)16-7-10-3-2-4-15(28)21(10)33-16/h7-9,11,15,23,28H,2-6H2,1H3. The third-order valence-corrected chi connectivity index (χ3v) is 7.39. The van der Waals surface area contributed by atoms with Crippen LogP contribution in [0.1, 0.15) is 58.6 Å². The van der Waals surface area contributed by atoms with Crippen molar-refractivity contribution in [1.82, 2.24) is 4.57 Å². The van der Waals surface area contributed by atoms with Gasteiger partial charge in [0.2, 0.25) is 5.43 Å². The van der Waals surface area contributed by atoms with Crippen molar-refractivity contribution in [3.8, 4) is 16.2 Å². The van der Waals surface area contributed by atoms with Gasteiger partial charge in [-0.15, -0.1) is 11.3 Å². The number of benzene rings is 1. The Morgan fingerprint density at radius 3 is 2.67 bits per heavy atom. The summed E-state index contributed by atoms with van der Waals surface area (Å²) in [5, 5.41) is 10.1. The second kappa shape index (κ2) is 8.18. The first-order valence-corrected chi connectivity index (χ1v) is 11.4. The van der Waals surface area contributed by atoms with E-state index in [1.807, 2.05) is 0 Å². The largest absolute Gasteiger partial charge is 0.465 e. The molecule has 10 heteroatoms. The Balaban J connectivity index is 1.84. The van der Waals surface area contributed by atoms with Crippen LogP contribution in [-0.4, -0.2) is 29.4 Å². The van der Waals surface area contributed by atoms with E-state index in [1.54, 1.807) is 6.07 Å². The molecule has 0 radical (unpaired) electrons. The average molecular weight is 479 g/mol. The summed E-state index contributed by atoms with van der Waals surface area (Å²) in [6.45, 7) is -3.27. The number of ether oxygens (including phenoxy) is 2. The number of alkyl halides is 2. The minimum absolute atomic E-state index is 0.0128. The lowest BCUT2D eigenvalue weighted by molar-refractivity contribution is -0.0487. The number of methoxy groups -OCH3 is 1. The predicted molar refractivity (Wildman–Crippen MR) is 116 cm³/mol. The van der Waals surface area contributed by atoms with Gasteiger partial charge in [-0.2, -0.15) is 8.78 Å². The molecule has 6 nitrogen and oxygen atoms in total. The maximum absolute atomic E-state index is 15.5. The van der Waals surface area contributed by atoms with E-state index < -0.39 is 35.7 Å². The number of aliphatic hydroxyl groups is 1. The molecule has 2 aromatic heterocycles. The van der Waals surface area contributed by atoms with Crippen LogP contribution in [0.3, 0.4) is 0 Å². The van der Waals surface area contributed by atoms with Gasteiger partial charge in [-0.05, 0) is 49.8 Å². The number of esters is 1. The molecule has 0 bridgehead atoms. The predicted octanol–water partition coefficient (Wildman–Crippen LogP) is 4.96. The van der Waals surface area contributed by atoms with E-state index in [9.17, 15) is 23.5 Å². The van der Waals surface area contributed by atoms with E-state index in [0.29, 0.717) is 35.4 Å². The minimum atomic E-state index is -3.27. The molecule has 0 aliphatic heterocycles. The molecule has 5 rings (SSSR count). The highest BCUT2D eigenvalue weighted by atomic mass is 32.1. The summed E-state index contributed by atoms with van der Waals surface area (Å²) >= 11 is 1.13. The molecule has 174 valence electrons. The molecule has 0 spiro atoms. The lowest BCUT2D eigenvalue weighted by atomic mass is 9.96. The fourth-order valence-electron chi connectivity index (χ4n) is 4.44. The number of nitrogens with zero attached hydrogens (tertiary/aromatic N) is 1. The lowest BCUT2D eigenvalue weighted by Crippen LogP contribution is -2.21. The number of carbonyl (C=O) groups is 1. The highest BCUT2D eigenvalue weighted by Gasteiger charge is 2.32. The molecule has 2 heterocycles. The number of aryl methyl sites for hydroxylation is 1. The van der Waals surface area contributed by atoms with Crippen LogP contribution >= 0.6 is 11.3 Å². The van der Waals surface area contributed by atoms with Gasteiger partial charge >= 0.3 is 12.6 Å². The molecule has 3 aromatic rings. The topological polar surface area (TPSA) is 77.8 Å². The number of rotatable bonds is 5. The number of fused-ring (bicyclic) bond motifs is 2.